The maximum Gasteiger partial charge on any atom is 0.339 e. The molecule has 4 rings (SSSR count). The summed E-state index contributed by atoms with van der Waals surface area (Å²) in [6, 6.07) is 11.4. The number of Topliss-reactive ketones (excluding diaryl/α,β-unsaturated/α-hetero) is 1. The minimum atomic E-state index is -0.588. The zero-order valence-corrected chi connectivity index (χ0v) is 17.5. The quantitative estimate of drug-likeness (QED) is 0.404. The molecule has 2 heterocycles. The van der Waals surface area contributed by atoms with Gasteiger partial charge in [0.2, 0.25) is 0 Å². The monoisotopic (exact) mass is 437 g/mol. The molecule has 0 atom stereocenters. The largest absolute Gasteiger partial charge is 0.497 e. The van der Waals surface area contributed by atoms with Crippen molar-refractivity contribution in [2.75, 3.05) is 50.3 Å². The van der Waals surface area contributed by atoms with E-state index in [1.54, 1.807) is 43.5 Å². The number of carbonyl (C=O) groups is 3. The Hall–Kier alpha value is -3.76. The number of hydrazone groups is 1. The second-order valence-corrected chi connectivity index (χ2v) is 7.26. The Morgan fingerprint density at radius 3 is 2.62 bits per heavy atom. The van der Waals surface area contributed by atoms with Gasteiger partial charge in [0.25, 0.3) is 5.78 Å². The summed E-state index contributed by atoms with van der Waals surface area (Å²) in [5.41, 5.74) is 4.34. The lowest BCUT2D eigenvalue weighted by Crippen LogP contribution is -2.45. The van der Waals surface area contributed by atoms with Crippen LogP contribution in [0.5, 0.6) is 5.75 Å². The summed E-state index contributed by atoms with van der Waals surface area (Å²) in [4.78, 5) is 40.6. The average Bonchev–Trinajstić information content (AvgIpc) is 3.04. The number of nitrogens with zero attached hydrogens (tertiary/aromatic N) is 3. The van der Waals surface area contributed by atoms with E-state index in [1.807, 2.05) is 0 Å². The summed E-state index contributed by atoms with van der Waals surface area (Å²) in [7, 11) is 1.58. The van der Waals surface area contributed by atoms with Crippen LogP contribution in [0.3, 0.4) is 0 Å². The van der Waals surface area contributed by atoms with Crippen molar-refractivity contribution in [3.63, 3.8) is 0 Å². The van der Waals surface area contributed by atoms with Crippen molar-refractivity contribution in [1.82, 2.24) is 10.3 Å². The molecule has 1 saturated heterocycles. The first kappa shape index (κ1) is 21.5. The van der Waals surface area contributed by atoms with E-state index in [2.05, 4.69) is 20.7 Å². The van der Waals surface area contributed by atoms with Crippen molar-refractivity contribution in [2.24, 2.45) is 5.10 Å². The zero-order valence-electron chi connectivity index (χ0n) is 17.5. The number of ether oxygens (including phenoxy) is 2. The molecule has 2 aliphatic rings. The molecule has 10 heteroatoms. The second kappa shape index (κ2) is 9.58. The molecular formula is C22H23N5O5. The highest BCUT2D eigenvalue weighted by atomic mass is 16.5. The fraction of sp³-hybridized carbons (Fsp3) is 0.273. The first-order valence-electron chi connectivity index (χ1n) is 10.1. The van der Waals surface area contributed by atoms with Gasteiger partial charge in [-0.15, -0.1) is 0 Å². The SMILES string of the molecule is COc1ccc(/C=N/NC(=O)Nc2ccc3c(c2)C(=O)C(=O)N3CN2CCOCC2)cc1. The van der Waals surface area contributed by atoms with Crippen LogP contribution in [-0.2, 0) is 9.53 Å². The summed E-state index contributed by atoms with van der Waals surface area (Å²) in [5, 5.41) is 6.51. The number of ketones is 1. The summed E-state index contributed by atoms with van der Waals surface area (Å²) >= 11 is 0. The lowest BCUT2D eigenvalue weighted by Gasteiger charge is -2.30. The van der Waals surface area contributed by atoms with Gasteiger partial charge >= 0.3 is 11.9 Å². The Bertz CT molecular complexity index is 1050. The van der Waals surface area contributed by atoms with Crippen molar-refractivity contribution < 1.29 is 23.9 Å². The molecule has 0 unspecified atom stereocenters. The van der Waals surface area contributed by atoms with E-state index in [9.17, 15) is 14.4 Å². The van der Waals surface area contributed by atoms with Crippen LogP contribution in [0.15, 0.2) is 47.6 Å². The van der Waals surface area contributed by atoms with E-state index in [-0.39, 0.29) is 5.56 Å². The van der Waals surface area contributed by atoms with Gasteiger partial charge in [-0.05, 0) is 48.0 Å². The Balaban J connectivity index is 1.37. The van der Waals surface area contributed by atoms with Gasteiger partial charge in [0.15, 0.2) is 0 Å². The van der Waals surface area contributed by atoms with E-state index in [1.165, 1.54) is 17.2 Å². The number of benzene rings is 2. The number of rotatable bonds is 6. The summed E-state index contributed by atoms with van der Waals surface area (Å²) in [6.07, 6.45) is 1.49. The average molecular weight is 437 g/mol. The van der Waals surface area contributed by atoms with Crippen LogP contribution in [0, 0.1) is 0 Å². The summed E-state index contributed by atoms with van der Waals surface area (Å²) < 4.78 is 10.4. The Morgan fingerprint density at radius 2 is 1.91 bits per heavy atom. The van der Waals surface area contributed by atoms with Gasteiger partial charge in [-0.2, -0.15) is 5.10 Å². The predicted octanol–water partition coefficient (Wildman–Crippen LogP) is 1.67. The molecule has 2 N–H and O–H groups in total. The first-order chi connectivity index (χ1) is 15.5. The highest BCUT2D eigenvalue weighted by molar-refractivity contribution is 6.52. The number of urea groups is 1. The van der Waals surface area contributed by atoms with Crippen molar-refractivity contribution in [2.45, 2.75) is 0 Å². The third kappa shape index (κ3) is 4.76. The third-order valence-electron chi connectivity index (χ3n) is 5.17. The molecule has 0 saturated carbocycles. The number of nitrogens with one attached hydrogen (secondary N) is 2. The van der Waals surface area contributed by atoms with Crippen molar-refractivity contribution in [1.29, 1.82) is 0 Å². The smallest absolute Gasteiger partial charge is 0.339 e. The van der Waals surface area contributed by atoms with E-state index in [0.29, 0.717) is 44.3 Å². The second-order valence-electron chi connectivity index (χ2n) is 7.26. The highest BCUT2D eigenvalue weighted by Gasteiger charge is 2.37. The third-order valence-corrected chi connectivity index (χ3v) is 5.17. The molecule has 10 nitrogen and oxygen atoms in total. The maximum absolute atomic E-state index is 12.5. The summed E-state index contributed by atoms with van der Waals surface area (Å²) in [5.74, 6) is -0.437. The van der Waals surface area contributed by atoms with E-state index in [4.69, 9.17) is 9.47 Å². The van der Waals surface area contributed by atoms with Crippen LogP contribution in [0.25, 0.3) is 0 Å². The fourth-order valence-electron chi connectivity index (χ4n) is 3.48. The van der Waals surface area contributed by atoms with Crippen molar-refractivity contribution in [3.05, 3.63) is 53.6 Å². The Labute approximate surface area is 184 Å². The predicted molar refractivity (Wildman–Crippen MR) is 118 cm³/mol. The molecule has 0 bridgehead atoms. The number of carbonyl (C=O) groups excluding carboxylic acids is 3. The molecule has 3 amide bonds. The Kier molecular flexibility index (Phi) is 6.43. The van der Waals surface area contributed by atoms with Gasteiger partial charge in [0, 0.05) is 18.8 Å². The number of amides is 3. The Morgan fingerprint density at radius 1 is 1.16 bits per heavy atom. The molecule has 1 fully saturated rings. The van der Waals surface area contributed by atoms with E-state index < -0.39 is 17.7 Å². The maximum atomic E-state index is 12.5. The number of hydrogen-bond donors (Lipinski definition) is 2. The zero-order chi connectivity index (χ0) is 22.5. The van der Waals surface area contributed by atoms with Gasteiger partial charge in [-0.1, -0.05) is 0 Å². The number of fused-ring (bicyclic) bond motifs is 1. The van der Waals surface area contributed by atoms with Crippen LogP contribution >= 0.6 is 0 Å². The highest BCUT2D eigenvalue weighted by Crippen LogP contribution is 2.31. The molecule has 2 aromatic carbocycles. The normalized spacial score (nSPS) is 16.3. The van der Waals surface area contributed by atoms with Gasteiger partial charge in [0.05, 0.1) is 44.5 Å². The topological polar surface area (TPSA) is 113 Å². The van der Waals surface area contributed by atoms with Crippen LogP contribution < -0.4 is 20.4 Å². The molecule has 0 radical (unpaired) electrons. The van der Waals surface area contributed by atoms with E-state index in [0.717, 1.165) is 11.3 Å². The molecule has 0 aliphatic carbocycles. The molecule has 166 valence electrons. The lowest BCUT2D eigenvalue weighted by molar-refractivity contribution is -0.114. The minimum absolute atomic E-state index is 0.266. The fourth-order valence-corrected chi connectivity index (χ4v) is 3.48. The number of morpholine rings is 1. The number of anilines is 2. The van der Waals surface area contributed by atoms with Gasteiger partial charge in [0.1, 0.15) is 5.75 Å². The first-order valence-corrected chi connectivity index (χ1v) is 10.1. The molecule has 32 heavy (non-hydrogen) atoms. The van der Waals surface area contributed by atoms with Crippen molar-refractivity contribution in [3.8, 4) is 5.75 Å². The van der Waals surface area contributed by atoms with Gasteiger partial charge in [-0.25, -0.2) is 10.2 Å². The van der Waals surface area contributed by atoms with Crippen LogP contribution in [0.1, 0.15) is 15.9 Å². The molecule has 0 aromatic heterocycles. The van der Waals surface area contributed by atoms with Crippen LogP contribution in [-0.4, -0.2) is 68.9 Å². The lowest BCUT2D eigenvalue weighted by atomic mass is 10.1. The van der Waals surface area contributed by atoms with Crippen LogP contribution in [0.2, 0.25) is 0 Å². The molecule has 2 aliphatic heterocycles. The molecule has 0 spiro atoms. The van der Waals surface area contributed by atoms with Crippen LogP contribution in [0.4, 0.5) is 16.2 Å². The number of hydrogen-bond acceptors (Lipinski definition) is 7. The van der Waals surface area contributed by atoms with Gasteiger partial charge < -0.3 is 14.8 Å². The van der Waals surface area contributed by atoms with E-state index >= 15 is 0 Å². The minimum Gasteiger partial charge on any atom is -0.497 e. The summed E-state index contributed by atoms with van der Waals surface area (Å²) in [6.45, 7) is 2.92. The van der Waals surface area contributed by atoms with Crippen molar-refractivity contribution >= 4 is 35.3 Å². The standard InChI is InChI=1S/C22H23N5O5/c1-31-17-5-2-15(3-6-17)13-23-25-22(30)24-16-4-7-19-18(12-16)20(28)21(29)27(19)14-26-8-10-32-11-9-26/h2-7,12-13H,8-11,14H2,1H3,(H2,24,25,30)/b23-13+. The number of methoxy groups -OCH3 is 1. The molecular weight excluding hydrogens is 414 g/mol. The molecule has 2 aromatic rings. The van der Waals surface area contributed by atoms with Gasteiger partial charge in [-0.3, -0.25) is 19.4 Å².